The van der Waals surface area contributed by atoms with Crippen LogP contribution in [0.15, 0.2) is 59.6 Å². The van der Waals surface area contributed by atoms with Gasteiger partial charge in [-0.1, -0.05) is 11.6 Å². The van der Waals surface area contributed by atoms with E-state index in [0.29, 0.717) is 55.8 Å². The van der Waals surface area contributed by atoms with Crippen LogP contribution in [0.5, 0.6) is 17.2 Å². The van der Waals surface area contributed by atoms with Gasteiger partial charge in [0.1, 0.15) is 23.1 Å². The molecule has 1 aliphatic rings. The molecule has 1 aliphatic heterocycles. The normalized spacial score (nSPS) is 13.3. The van der Waals surface area contributed by atoms with Gasteiger partial charge in [-0.15, -0.1) is 17.0 Å². The summed E-state index contributed by atoms with van der Waals surface area (Å²) in [4.78, 5) is 20.1. The number of anilines is 1. The van der Waals surface area contributed by atoms with Crippen molar-refractivity contribution >= 4 is 57.7 Å². The molecule has 3 aromatic carbocycles. The van der Waals surface area contributed by atoms with Gasteiger partial charge in [-0.3, -0.25) is 10.1 Å². The first-order valence-electron chi connectivity index (χ1n) is 13.9. The minimum atomic E-state index is -0.557. The van der Waals surface area contributed by atoms with Gasteiger partial charge >= 0.3 is 5.69 Å². The molecule has 0 atom stereocenters. The van der Waals surface area contributed by atoms with Crippen LogP contribution in [0.4, 0.5) is 20.2 Å². The zero-order chi connectivity index (χ0) is 30.8. The molecule has 14 heteroatoms. The highest BCUT2D eigenvalue weighted by molar-refractivity contribution is 8.93. The van der Waals surface area contributed by atoms with E-state index in [1.807, 2.05) is 0 Å². The van der Waals surface area contributed by atoms with Crippen molar-refractivity contribution in [2.75, 3.05) is 56.2 Å². The Morgan fingerprint density at radius 3 is 2.55 bits per heavy atom. The van der Waals surface area contributed by atoms with Gasteiger partial charge in [0.15, 0.2) is 11.7 Å². The summed E-state index contributed by atoms with van der Waals surface area (Å²) in [5.41, 5.74) is 1.32. The van der Waals surface area contributed by atoms with Gasteiger partial charge in [0.25, 0.3) is 0 Å². The fourth-order valence-corrected chi connectivity index (χ4v) is 5.18. The number of thioether (sulfide) groups is 1. The van der Waals surface area contributed by atoms with Gasteiger partial charge in [-0.2, -0.15) is 11.8 Å². The van der Waals surface area contributed by atoms with E-state index in [0.717, 1.165) is 24.4 Å². The summed E-state index contributed by atoms with van der Waals surface area (Å²) in [5, 5.41) is 14.8. The third kappa shape index (κ3) is 9.60. The van der Waals surface area contributed by atoms with Gasteiger partial charge in [-0.05, 0) is 61.8 Å². The molecule has 238 valence electrons. The monoisotopic (exact) mass is 713 g/mol. The summed E-state index contributed by atoms with van der Waals surface area (Å²) >= 11 is 7.67. The van der Waals surface area contributed by atoms with E-state index in [-0.39, 0.29) is 40.0 Å². The average Bonchev–Trinajstić information content (AvgIpc) is 3.00. The quantitative estimate of drug-likeness (QED) is 0.0687. The second-order valence-electron chi connectivity index (χ2n) is 9.66. The number of hydrogen-bond acceptors (Lipinski definition) is 7. The number of benzene rings is 3. The van der Waals surface area contributed by atoms with E-state index in [9.17, 15) is 18.9 Å². The third-order valence-electron chi connectivity index (χ3n) is 6.73. The molecule has 1 N–H and O–H groups in total. The number of nitro groups is 1. The van der Waals surface area contributed by atoms with Crippen molar-refractivity contribution in [3.05, 3.63) is 86.9 Å². The van der Waals surface area contributed by atoms with Crippen LogP contribution in [-0.4, -0.2) is 67.1 Å². The minimum absolute atomic E-state index is 0. The molecule has 0 aliphatic carbocycles. The number of halogens is 4. The van der Waals surface area contributed by atoms with Crippen molar-refractivity contribution in [3.8, 4) is 17.2 Å². The van der Waals surface area contributed by atoms with Gasteiger partial charge in [0, 0.05) is 62.2 Å². The van der Waals surface area contributed by atoms with Crippen LogP contribution in [0.3, 0.4) is 0 Å². The molecule has 0 aromatic heterocycles. The predicted molar refractivity (Wildman–Crippen MR) is 178 cm³/mol. The van der Waals surface area contributed by atoms with E-state index >= 15 is 0 Å². The van der Waals surface area contributed by atoms with Gasteiger partial charge in [0.05, 0.1) is 23.1 Å². The Balaban J connectivity index is 0.00000529. The Morgan fingerprint density at radius 2 is 1.86 bits per heavy atom. The summed E-state index contributed by atoms with van der Waals surface area (Å²) in [6.07, 6.45) is 3.01. The van der Waals surface area contributed by atoms with Crippen LogP contribution >= 0.6 is 40.3 Å². The maximum atomic E-state index is 14.3. The lowest BCUT2D eigenvalue weighted by atomic mass is 10.2. The molecular formula is C30H35BrClF2N5O4S. The molecular weight excluding hydrogens is 680 g/mol. The molecule has 44 heavy (non-hydrogen) atoms. The number of guanidine groups is 1. The lowest BCUT2D eigenvalue weighted by Crippen LogP contribution is -2.52. The van der Waals surface area contributed by atoms with E-state index in [1.54, 1.807) is 30.8 Å². The van der Waals surface area contributed by atoms with E-state index < -0.39 is 16.6 Å². The summed E-state index contributed by atoms with van der Waals surface area (Å²) in [6.45, 7) is 5.61. The Labute approximate surface area is 275 Å². The standard InChI is InChI=1S/C30H34ClF2N5O4S.BrH/c1-3-41-29-18-23(6-9-27(29)38(39)40)36-12-14-37(15-13-36)30(34-11-4-16-43-2)35-20-21-17-22(32)5-10-28(21)42-24-7-8-26(33)25(31)19-24;/h5-10,17-19H,3-4,11-16,20H2,1-2H3,(H,34,35);1H. The fourth-order valence-electron chi connectivity index (χ4n) is 4.58. The highest BCUT2D eigenvalue weighted by atomic mass is 79.9. The first-order valence-corrected chi connectivity index (χ1v) is 15.7. The largest absolute Gasteiger partial charge is 0.487 e. The second-order valence-corrected chi connectivity index (χ2v) is 11.1. The molecule has 0 bridgehead atoms. The Bertz CT molecular complexity index is 1450. The lowest BCUT2D eigenvalue weighted by Gasteiger charge is -2.38. The lowest BCUT2D eigenvalue weighted by molar-refractivity contribution is -0.385. The van der Waals surface area contributed by atoms with Crippen LogP contribution in [-0.2, 0) is 6.54 Å². The van der Waals surface area contributed by atoms with Crippen molar-refractivity contribution < 1.29 is 23.2 Å². The molecule has 1 heterocycles. The van der Waals surface area contributed by atoms with Crippen molar-refractivity contribution in [1.29, 1.82) is 0 Å². The van der Waals surface area contributed by atoms with Crippen molar-refractivity contribution in [1.82, 2.24) is 10.2 Å². The highest BCUT2D eigenvalue weighted by Crippen LogP contribution is 2.33. The van der Waals surface area contributed by atoms with Gasteiger partial charge in [0.2, 0.25) is 0 Å². The SMILES string of the molecule is Br.CCOc1cc(N2CCN(C(=NCc3cc(F)ccc3Oc3ccc(F)c(Cl)c3)NCCCSC)CC2)ccc1[N+](=O)[O-]. The minimum Gasteiger partial charge on any atom is -0.487 e. The molecule has 3 aromatic rings. The molecule has 0 saturated carbocycles. The first-order chi connectivity index (χ1) is 20.8. The number of hydrogen-bond donors (Lipinski definition) is 1. The number of ether oxygens (including phenoxy) is 2. The molecule has 0 amide bonds. The van der Waals surface area contributed by atoms with E-state index in [1.165, 1.54) is 42.5 Å². The van der Waals surface area contributed by atoms with Crippen molar-refractivity contribution in [2.24, 2.45) is 4.99 Å². The van der Waals surface area contributed by atoms with Crippen LogP contribution in [0, 0.1) is 21.7 Å². The van der Waals surface area contributed by atoms with Crippen LogP contribution < -0.4 is 19.7 Å². The zero-order valence-electron chi connectivity index (χ0n) is 24.4. The second kappa shape index (κ2) is 17.3. The average molecular weight is 715 g/mol. The van der Waals surface area contributed by atoms with Crippen molar-refractivity contribution in [2.45, 2.75) is 19.9 Å². The van der Waals surface area contributed by atoms with Crippen LogP contribution in [0.2, 0.25) is 5.02 Å². The topological polar surface area (TPSA) is 92.5 Å². The van der Waals surface area contributed by atoms with Crippen molar-refractivity contribution in [3.63, 3.8) is 0 Å². The molecule has 1 saturated heterocycles. The summed E-state index contributed by atoms with van der Waals surface area (Å²) < 4.78 is 39.3. The molecule has 4 rings (SSSR count). The predicted octanol–water partition coefficient (Wildman–Crippen LogP) is 7.32. The molecule has 1 fully saturated rings. The smallest absolute Gasteiger partial charge is 0.311 e. The number of rotatable bonds is 12. The fraction of sp³-hybridized carbons (Fsp3) is 0.367. The van der Waals surface area contributed by atoms with Crippen LogP contribution in [0.25, 0.3) is 0 Å². The van der Waals surface area contributed by atoms with E-state index in [2.05, 4.69) is 21.4 Å². The van der Waals surface area contributed by atoms with Crippen LogP contribution in [0.1, 0.15) is 18.9 Å². The van der Waals surface area contributed by atoms with Gasteiger partial charge in [-0.25, -0.2) is 13.8 Å². The maximum absolute atomic E-state index is 14.3. The number of aliphatic imine (C=N–C) groups is 1. The summed E-state index contributed by atoms with van der Waals surface area (Å²) in [6, 6.07) is 13.2. The Kier molecular flexibility index (Phi) is 13.8. The number of nitrogens with one attached hydrogen (secondary N) is 1. The number of piperazine rings is 1. The zero-order valence-corrected chi connectivity index (χ0v) is 27.7. The maximum Gasteiger partial charge on any atom is 0.311 e. The Hall–Kier alpha value is -3.29. The third-order valence-corrected chi connectivity index (χ3v) is 7.72. The van der Waals surface area contributed by atoms with Gasteiger partial charge < -0.3 is 24.6 Å². The molecule has 0 radical (unpaired) electrons. The number of nitro benzene ring substituents is 1. The summed E-state index contributed by atoms with van der Waals surface area (Å²) in [7, 11) is 0. The molecule has 0 unspecified atom stereocenters. The van der Waals surface area contributed by atoms with E-state index in [4.69, 9.17) is 26.1 Å². The molecule has 0 spiro atoms. The summed E-state index contributed by atoms with van der Waals surface area (Å²) in [5.74, 6) is 1.68. The number of nitrogens with zero attached hydrogens (tertiary/aromatic N) is 4. The first kappa shape index (κ1) is 35.2. The Morgan fingerprint density at radius 1 is 1.09 bits per heavy atom. The highest BCUT2D eigenvalue weighted by Gasteiger charge is 2.23. The molecule has 9 nitrogen and oxygen atoms in total.